The lowest BCUT2D eigenvalue weighted by atomic mass is 10.0. The number of amides is 1. The van der Waals surface area contributed by atoms with E-state index < -0.39 is 0 Å². The summed E-state index contributed by atoms with van der Waals surface area (Å²) in [5, 5.41) is 22.1. The largest absolute Gasteiger partial charge is 0.508 e. The molecule has 0 bridgehead atoms. The van der Waals surface area contributed by atoms with E-state index >= 15 is 0 Å². The Morgan fingerprint density at radius 1 is 1.19 bits per heavy atom. The molecule has 1 amide bonds. The summed E-state index contributed by atoms with van der Waals surface area (Å²) in [5.41, 5.74) is 6.33. The zero-order valence-corrected chi connectivity index (χ0v) is 21.7. The zero-order chi connectivity index (χ0) is 26.1. The van der Waals surface area contributed by atoms with Gasteiger partial charge in [-0.15, -0.1) is 0 Å². The molecule has 1 saturated heterocycles. The summed E-state index contributed by atoms with van der Waals surface area (Å²) in [4.78, 5) is 25.0. The van der Waals surface area contributed by atoms with Crippen LogP contribution in [0.5, 0.6) is 5.75 Å². The zero-order valence-electron chi connectivity index (χ0n) is 21.7. The van der Waals surface area contributed by atoms with Gasteiger partial charge in [-0.25, -0.2) is 9.97 Å². The SMILES string of the molecule is CCn1ncc(CN(C)C(=O)c2cc(-c3ccc(NC4CCNC4)c(C)n3)nc3ccc(O)cc23)c1C. The summed E-state index contributed by atoms with van der Waals surface area (Å²) in [7, 11) is 1.78. The van der Waals surface area contributed by atoms with Gasteiger partial charge in [0, 0.05) is 49.4 Å². The molecular weight excluding hydrogens is 466 g/mol. The fourth-order valence-electron chi connectivity index (χ4n) is 4.87. The topological polar surface area (TPSA) is 108 Å². The molecule has 9 nitrogen and oxygen atoms in total. The number of nitrogens with zero attached hydrogens (tertiary/aromatic N) is 5. The van der Waals surface area contributed by atoms with Crippen LogP contribution in [0.25, 0.3) is 22.3 Å². The second kappa shape index (κ2) is 10.2. The highest BCUT2D eigenvalue weighted by Crippen LogP contribution is 2.29. The fourth-order valence-corrected chi connectivity index (χ4v) is 4.87. The lowest BCUT2D eigenvalue weighted by Crippen LogP contribution is -2.27. The van der Waals surface area contributed by atoms with Crippen molar-refractivity contribution >= 4 is 22.5 Å². The Balaban J connectivity index is 1.49. The van der Waals surface area contributed by atoms with E-state index in [2.05, 4.69) is 15.7 Å². The molecule has 4 heterocycles. The van der Waals surface area contributed by atoms with Gasteiger partial charge in [0.2, 0.25) is 0 Å². The van der Waals surface area contributed by atoms with E-state index in [0.29, 0.717) is 40.4 Å². The first kappa shape index (κ1) is 24.7. The van der Waals surface area contributed by atoms with Crippen molar-refractivity contribution in [2.24, 2.45) is 0 Å². The maximum atomic E-state index is 13.7. The van der Waals surface area contributed by atoms with Crippen LogP contribution in [0.3, 0.4) is 0 Å². The van der Waals surface area contributed by atoms with Crippen LogP contribution in [0.1, 0.15) is 40.7 Å². The molecule has 4 aromatic rings. The maximum Gasteiger partial charge on any atom is 0.254 e. The molecule has 0 saturated carbocycles. The van der Waals surface area contributed by atoms with Crippen molar-refractivity contribution in [1.29, 1.82) is 0 Å². The fraction of sp³-hybridized carbons (Fsp3) is 0.357. The van der Waals surface area contributed by atoms with Crippen LogP contribution in [0, 0.1) is 13.8 Å². The van der Waals surface area contributed by atoms with Crippen molar-refractivity contribution < 1.29 is 9.90 Å². The number of aromatic hydroxyl groups is 1. The van der Waals surface area contributed by atoms with E-state index in [0.717, 1.165) is 48.7 Å². The van der Waals surface area contributed by atoms with Gasteiger partial charge in [-0.1, -0.05) is 0 Å². The van der Waals surface area contributed by atoms with Crippen LogP contribution in [-0.2, 0) is 13.1 Å². The first-order chi connectivity index (χ1) is 17.8. The Hall–Kier alpha value is -3.98. The highest BCUT2D eigenvalue weighted by Gasteiger charge is 2.21. The van der Waals surface area contributed by atoms with Gasteiger partial charge in [0.15, 0.2) is 0 Å². The number of rotatable bonds is 7. The Bertz CT molecular complexity index is 1460. The van der Waals surface area contributed by atoms with Gasteiger partial charge in [-0.3, -0.25) is 9.48 Å². The lowest BCUT2D eigenvalue weighted by molar-refractivity contribution is 0.0787. The van der Waals surface area contributed by atoms with Gasteiger partial charge < -0.3 is 20.6 Å². The minimum Gasteiger partial charge on any atom is -0.508 e. The standard InChI is InChI=1S/C28H33N7O2/c1-5-35-18(3)19(14-30-35)16-34(4)28(37)23-13-27(33-25-7-6-21(36)12-22(23)25)26-9-8-24(17(2)31-26)32-20-10-11-29-15-20/h6-9,12-14,20,29,32,36H,5,10-11,15-16H2,1-4H3. The van der Waals surface area contributed by atoms with Crippen molar-refractivity contribution in [3.05, 3.63) is 65.1 Å². The maximum absolute atomic E-state index is 13.7. The Morgan fingerprint density at radius 3 is 2.73 bits per heavy atom. The van der Waals surface area contributed by atoms with Crippen LogP contribution in [0.2, 0.25) is 0 Å². The molecule has 192 valence electrons. The summed E-state index contributed by atoms with van der Waals surface area (Å²) in [6.07, 6.45) is 2.90. The molecule has 9 heteroatoms. The third-order valence-corrected chi connectivity index (χ3v) is 7.05. The number of carbonyl (C=O) groups excluding carboxylic acids is 1. The van der Waals surface area contributed by atoms with Crippen molar-refractivity contribution in [3.8, 4) is 17.1 Å². The van der Waals surface area contributed by atoms with Crippen molar-refractivity contribution in [2.75, 3.05) is 25.5 Å². The molecule has 0 aliphatic carbocycles. The highest BCUT2D eigenvalue weighted by molar-refractivity contribution is 6.07. The number of aryl methyl sites for hydroxylation is 2. The second-order valence-corrected chi connectivity index (χ2v) is 9.65. The van der Waals surface area contributed by atoms with Gasteiger partial charge in [0.1, 0.15) is 5.75 Å². The minimum atomic E-state index is -0.161. The quantitative estimate of drug-likeness (QED) is 0.354. The van der Waals surface area contributed by atoms with Crippen LogP contribution >= 0.6 is 0 Å². The third kappa shape index (κ3) is 4.99. The molecule has 1 aliphatic heterocycles. The van der Waals surface area contributed by atoms with E-state index in [-0.39, 0.29) is 11.7 Å². The van der Waals surface area contributed by atoms with Gasteiger partial charge in [-0.05, 0) is 70.1 Å². The molecule has 0 radical (unpaired) electrons. The van der Waals surface area contributed by atoms with Gasteiger partial charge in [0.25, 0.3) is 5.91 Å². The number of benzene rings is 1. The van der Waals surface area contributed by atoms with E-state index in [1.165, 1.54) is 0 Å². The summed E-state index contributed by atoms with van der Waals surface area (Å²) >= 11 is 0. The van der Waals surface area contributed by atoms with Crippen LogP contribution in [-0.4, -0.2) is 61.8 Å². The Morgan fingerprint density at radius 2 is 2.03 bits per heavy atom. The highest BCUT2D eigenvalue weighted by atomic mass is 16.3. The normalized spacial score (nSPS) is 15.3. The van der Waals surface area contributed by atoms with Crippen LogP contribution in [0.4, 0.5) is 5.69 Å². The van der Waals surface area contributed by atoms with Crippen molar-refractivity contribution in [1.82, 2.24) is 30.0 Å². The number of hydrogen-bond donors (Lipinski definition) is 3. The summed E-state index contributed by atoms with van der Waals surface area (Å²) < 4.78 is 1.92. The number of hydrogen-bond acceptors (Lipinski definition) is 7. The van der Waals surface area contributed by atoms with Crippen LogP contribution < -0.4 is 10.6 Å². The molecule has 0 spiro atoms. The third-order valence-electron chi connectivity index (χ3n) is 7.05. The summed E-state index contributed by atoms with van der Waals surface area (Å²) in [6, 6.07) is 11.0. The number of nitrogens with one attached hydrogen (secondary N) is 2. The summed E-state index contributed by atoms with van der Waals surface area (Å²) in [5.74, 6) is -0.0729. The van der Waals surface area contributed by atoms with E-state index in [1.54, 1.807) is 36.2 Å². The average Bonchev–Trinajstić information content (AvgIpc) is 3.53. The molecule has 1 unspecified atom stereocenters. The Labute approximate surface area is 216 Å². The monoisotopic (exact) mass is 499 g/mol. The first-order valence-electron chi connectivity index (χ1n) is 12.7. The molecule has 1 aromatic carbocycles. The van der Waals surface area contributed by atoms with Gasteiger partial charge >= 0.3 is 0 Å². The molecule has 1 aliphatic rings. The van der Waals surface area contributed by atoms with Gasteiger partial charge in [0.05, 0.1) is 40.0 Å². The number of phenols is 1. The molecule has 5 rings (SSSR count). The first-order valence-corrected chi connectivity index (χ1v) is 12.7. The van der Waals surface area contributed by atoms with E-state index in [9.17, 15) is 9.90 Å². The number of anilines is 1. The molecule has 3 N–H and O–H groups in total. The van der Waals surface area contributed by atoms with Crippen molar-refractivity contribution in [2.45, 2.75) is 46.3 Å². The van der Waals surface area contributed by atoms with Gasteiger partial charge in [-0.2, -0.15) is 5.10 Å². The molecule has 37 heavy (non-hydrogen) atoms. The minimum absolute atomic E-state index is 0.0876. The second-order valence-electron chi connectivity index (χ2n) is 9.65. The lowest BCUT2D eigenvalue weighted by Gasteiger charge is -2.19. The predicted octanol–water partition coefficient (Wildman–Crippen LogP) is 3.88. The molecular formula is C28H33N7O2. The number of aromatic nitrogens is 4. The predicted molar refractivity (Wildman–Crippen MR) is 145 cm³/mol. The molecule has 3 aromatic heterocycles. The number of fused-ring (bicyclic) bond motifs is 1. The number of carbonyl (C=O) groups is 1. The number of pyridine rings is 2. The number of phenolic OH excluding ortho intramolecular Hbond substituents is 1. The van der Waals surface area contributed by atoms with Crippen molar-refractivity contribution in [3.63, 3.8) is 0 Å². The molecule has 1 fully saturated rings. The summed E-state index contributed by atoms with van der Waals surface area (Å²) in [6.45, 7) is 9.20. The van der Waals surface area contributed by atoms with Crippen LogP contribution in [0.15, 0.2) is 42.6 Å². The van der Waals surface area contributed by atoms with E-state index in [1.807, 2.05) is 43.8 Å². The molecule has 1 atom stereocenters. The smallest absolute Gasteiger partial charge is 0.254 e. The van der Waals surface area contributed by atoms with E-state index in [4.69, 9.17) is 9.97 Å². The average molecular weight is 500 g/mol. The Kier molecular flexibility index (Phi) is 6.80.